The number of nitrogens with one attached hydrogen (secondary N) is 1. The predicted molar refractivity (Wildman–Crippen MR) is 66.8 cm³/mol. The van der Waals surface area contributed by atoms with E-state index >= 15 is 0 Å². The van der Waals surface area contributed by atoms with Crippen molar-refractivity contribution >= 4 is 11.6 Å². The lowest BCUT2D eigenvalue weighted by molar-refractivity contribution is 0.0713. The molecule has 4 heteroatoms. The van der Waals surface area contributed by atoms with Crippen LogP contribution in [-0.2, 0) is 4.74 Å². The summed E-state index contributed by atoms with van der Waals surface area (Å²) < 4.78 is 5.54. The summed E-state index contributed by atoms with van der Waals surface area (Å²) in [5, 5.41) is 2.94. The number of ether oxygens (including phenoxy) is 1. The minimum absolute atomic E-state index is 0.0182. The second-order valence-corrected chi connectivity index (χ2v) is 4.40. The van der Waals surface area contributed by atoms with Gasteiger partial charge in [0, 0.05) is 12.3 Å². The molecule has 2 rings (SSSR count). The molecule has 0 radical (unpaired) electrons. The van der Waals surface area contributed by atoms with Gasteiger partial charge in [0.05, 0.1) is 17.7 Å². The second kappa shape index (κ2) is 5.19. The maximum atomic E-state index is 12.0. The zero-order valence-corrected chi connectivity index (χ0v) is 9.98. The highest BCUT2D eigenvalue weighted by Crippen LogP contribution is 2.16. The highest BCUT2D eigenvalue weighted by atomic mass is 16.5. The fourth-order valence-electron chi connectivity index (χ4n) is 2.08. The first-order valence-electron chi connectivity index (χ1n) is 5.95. The molecule has 1 fully saturated rings. The van der Waals surface area contributed by atoms with Gasteiger partial charge >= 0.3 is 0 Å². The van der Waals surface area contributed by atoms with E-state index in [0.717, 1.165) is 19.4 Å². The quantitative estimate of drug-likeness (QED) is 0.780. The third kappa shape index (κ3) is 2.77. The summed E-state index contributed by atoms with van der Waals surface area (Å²) >= 11 is 0. The Morgan fingerprint density at radius 3 is 2.94 bits per heavy atom. The maximum absolute atomic E-state index is 12.0. The van der Waals surface area contributed by atoms with Gasteiger partial charge in [-0.15, -0.1) is 0 Å². The van der Waals surface area contributed by atoms with Crippen molar-refractivity contribution in [2.24, 2.45) is 0 Å². The van der Waals surface area contributed by atoms with Crippen LogP contribution in [0.3, 0.4) is 0 Å². The molecule has 0 aliphatic carbocycles. The van der Waals surface area contributed by atoms with Crippen molar-refractivity contribution < 1.29 is 9.53 Å². The SMILES string of the molecule is CC(NC(=O)c1ccccc1N)C1CCCO1. The lowest BCUT2D eigenvalue weighted by atomic mass is 10.1. The number of benzene rings is 1. The zero-order valence-electron chi connectivity index (χ0n) is 9.98. The molecule has 1 aliphatic rings. The molecule has 1 amide bonds. The van der Waals surface area contributed by atoms with Crippen LogP contribution in [0.4, 0.5) is 5.69 Å². The number of anilines is 1. The van der Waals surface area contributed by atoms with Gasteiger partial charge in [0.25, 0.3) is 5.91 Å². The molecular weight excluding hydrogens is 216 g/mol. The number of rotatable bonds is 3. The van der Waals surface area contributed by atoms with Crippen LogP contribution in [-0.4, -0.2) is 24.7 Å². The number of amides is 1. The van der Waals surface area contributed by atoms with Crippen LogP contribution in [0.15, 0.2) is 24.3 Å². The summed E-state index contributed by atoms with van der Waals surface area (Å²) in [7, 11) is 0. The van der Waals surface area contributed by atoms with Gasteiger partial charge in [-0.1, -0.05) is 12.1 Å². The van der Waals surface area contributed by atoms with Crippen molar-refractivity contribution in [2.75, 3.05) is 12.3 Å². The number of carbonyl (C=O) groups is 1. The van der Waals surface area contributed by atoms with E-state index in [4.69, 9.17) is 10.5 Å². The van der Waals surface area contributed by atoms with Crippen molar-refractivity contribution in [1.29, 1.82) is 0 Å². The van der Waals surface area contributed by atoms with E-state index in [-0.39, 0.29) is 18.1 Å². The number of hydrogen-bond acceptors (Lipinski definition) is 3. The normalized spacial score (nSPS) is 21.1. The van der Waals surface area contributed by atoms with Crippen LogP contribution < -0.4 is 11.1 Å². The van der Waals surface area contributed by atoms with Gasteiger partial charge in [0.2, 0.25) is 0 Å². The van der Waals surface area contributed by atoms with Gasteiger partial charge in [-0.25, -0.2) is 0 Å². The first kappa shape index (κ1) is 11.9. The van der Waals surface area contributed by atoms with E-state index < -0.39 is 0 Å². The molecule has 3 N–H and O–H groups in total. The maximum Gasteiger partial charge on any atom is 0.253 e. The van der Waals surface area contributed by atoms with Crippen molar-refractivity contribution in [3.05, 3.63) is 29.8 Å². The smallest absolute Gasteiger partial charge is 0.253 e. The van der Waals surface area contributed by atoms with Crippen molar-refractivity contribution in [3.8, 4) is 0 Å². The molecule has 92 valence electrons. The molecule has 17 heavy (non-hydrogen) atoms. The van der Waals surface area contributed by atoms with Gasteiger partial charge in [-0.2, -0.15) is 0 Å². The molecule has 1 heterocycles. The number of para-hydroxylation sites is 1. The van der Waals surface area contributed by atoms with Crippen LogP contribution in [0.2, 0.25) is 0 Å². The number of carbonyl (C=O) groups excluding carboxylic acids is 1. The van der Waals surface area contributed by atoms with E-state index in [1.54, 1.807) is 12.1 Å². The highest BCUT2D eigenvalue weighted by molar-refractivity contribution is 5.99. The Balaban J connectivity index is 1.99. The van der Waals surface area contributed by atoms with Crippen LogP contribution in [0.25, 0.3) is 0 Å². The van der Waals surface area contributed by atoms with Crippen LogP contribution in [0, 0.1) is 0 Å². The molecule has 1 aliphatic heterocycles. The van der Waals surface area contributed by atoms with E-state index in [1.807, 2.05) is 19.1 Å². The number of nitrogen functional groups attached to an aromatic ring is 1. The van der Waals surface area contributed by atoms with Crippen LogP contribution >= 0.6 is 0 Å². The molecule has 0 spiro atoms. The molecule has 0 bridgehead atoms. The molecule has 2 unspecified atom stereocenters. The Bertz CT molecular complexity index is 400. The predicted octanol–water partition coefficient (Wildman–Crippen LogP) is 1.57. The summed E-state index contributed by atoms with van der Waals surface area (Å²) in [6.45, 7) is 2.76. The molecule has 1 aromatic rings. The summed E-state index contributed by atoms with van der Waals surface area (Å²) in [5.74, 6) is -0.133. The van der Waals surface area contributed by atoms with E-state index in [1.165, 1.54) is 0 Å². The van der Waals surface area contributed by atoms with Gasteiger partial charge < -0.3 is 15.8 Å². The van der Waals surface area contributed by atoms with Crippen molar-refractivity contribution in [1.82, 2.24) is 5.32 Å². The fraction of sp³-hybridized carbons (Fsp3) is 0.462. The van der Waals surface area contributed by atoms with Gasteiger partial charge in [-0.05, 0) is 31.9 Å². The molecule has 2 atom stereocenters. The highest BCUT2D eigenvalue weighted by Gasteiger charge is 2.24. The fourth-order valence-corrected chi connectivity index (χ4v) is 2.08. The van der Waals surface area contributed by atoms with Crippen molar-refractivity contribution in [3.63, 3.8) is 0 Å². The summed E-state index contributed by atoms with van der Waals surface area (Å²) in [4.78, 5) is 12.0. The average Bonchev–Trinajstić information content (AvgIpc) is 2.82. The van der Waals surface area contributed by atoms with Crippen LogP contribution in [0.5, 0.6) is 0 Å². The minimum Gasteiger partial charge on any atom is -0.398 e. The van der Waals surface area contributed by atoms with Gasteiger partial charge in [0.1, 0.15) is 0 Å². The van der Waals surface area contributed by atoms with Crippen molar-refractivity contribution in [2.45, 2.75) is 31.9 Å². The summed E-state index contributed by atoms with van der Waals surface area (Å²) in [6, 6.07) is 7.10. The zero-order chi connectivity index (χ0) is 12.3. The lowest BCUT2D eigenvalue weighted by Crippen LogP contribution is -2.41. The summed E-state index contributed by atoms with van der Waals surface area (Å²) in [6.07, 6.45) is 2.20. The largest absolute Gasteiger partial charge is 0.398 e. The lowest BCUT2D eigenvalue weighted by Gasteiger charge is -2.20. The Hall–Kier alpha value is -1.55. The average molecular weight is 234 g/mol. The topological polar surface area (TPSA) is 64.4 Å². The van der Waals surface area contributed by atoms with Gasteiger partial charge in [0.15, 0.2) is 0 Å². The monoisotopic (exact) mass is 234 g/mol. The van der Waals surface area contributed by atoms with E-state index in [0.29, 0.717) is 11.3 Å². The second-order valence-electron chi connectivity index (χ2n) is 4.40. The molecule has 0 saturated carbocycles. The third-order valence-corrected chi connectivity index (χ3v) is 3.09. The Morgan fingerprint density at radius 2 is 2.29 bits per heavy atom. The summed E-state index contributed by atoms with van der Waals surface area (Å²) in [5.41, 5.74) is 6.79. The molecular formula is C13H18N2O2. The third-order valence-electron chi connectivity index (χ3n) is 3.09. The number of nitrogens with two attached hydrogens (primary N) is 1. The molecule has 1 aromatic carbocycles. The Labute approximate surface area is 101 Å². The standard InChI is InChI=1S/C13H18N2O2/c1-9(12-7-4-8-17-12)15-13(16)10-5-2-3-6-11(10)14/h2-3,5-6,9,12H,4,7-8,14H2,1H3,(H,15,16). The Morgan fingerprint density at radius 1 is 1.53 bits per heavy atom. The van der Waals surface area contributed by atoms with Gasteiger partial charge in [-0.3, -0.25) is 4.79 Å². The first-order chi connectivity index (χ1) is 8.18. The molecule has 1 saturated heterocycles. The first-order valence-corrected chi connectivity index (χ1v) is 5.95. The molecule has 0 aromatic heterocycles. The minimum atomic E-state index is -0.133. The molecule has 4 nitrogen and oxygen atoms in total. The van der Waals surface area contributed by atoms with E-state index in [9.17, 15) is 4.79 Å². The van der Waals surface area contributed by atoms with E-state index in [2.05, 4.69) is 5.32 Å². The van der Waals surface area contributed by atoms with Crippen LogP contribution in [0.1, 0.15) is 30.1 Å². The Kier molecular flexibility index (Phi) is 3.64. The number of hydrogen-bond donors (Lipinski definition) is 2.